The Labute approximate surface area is 131 Å². The topological polar surface area (TPSA) is 72.0 Å². The lowest BCUT2D eigenvalue weighted by atomic mass is 9.99. The number of hydrogen-bond donors (Lipinski definition) is 1. The van der Waals surface area contributed by atoms with Crippen LogP contribution < -0.4 is 4.72 Å². The minimum atomic E-state index is -3.43. The first kappa shape index (κ1) is 16.6. The van der Waals surface area contributed by atoms with Crippen molar-refractivity contribution >= 4 is 10.0 Å². The van der Waals surface area contributed by atoms with E-state index in [1.54, 1.807) is 26.2 Å². The Bertz CT molecular complexity index is 711. The molecule has 0 atom stereocenters. The average Bonchev–Trinajstić information content (AvgIpc) is 2.54. The Morgan fingerprint density at radius 1 is 1.05 bits per heavy atom. The molecule has 0 radical (unpaired) electrons. The van der Waals surface area contributed by atoms with Crippen molar-refractivity contribution in [1.82, 2.24) is 14.7 Å². The fraction of sp³-hybridized carbons (Fsp3) is 0.375. The third-order valence-corrected chi connectivity index (χ3v) is 5.85. The minimum Gasteiger partial charge on any atom is -0.244 e. The summed E-state index contributed by atoms with van der Waals surface area (Å²) in [5.41, 5.74) is 2.61. The van der Waals surface area contributed by atoms with Gasteiger partial charge in [0, 0.05) is 24.5 Å². The third-order valence-electron chi connectivity index (χ3n) is 3.69. The van der Waals surface area contributed by atoms with Crippen LogP contribution in [-0.4, -0.2) is 24.9 Å². The van der Waals surface area contributed by atoms with Gasteiger partial charge in [-0.15, -0.1) is 0 Å². The third kappa shape index (κ3) is 3.34. The lowest BCUT2D eigenvalue weighted by molar-refractivity contribution is 0.539. The normalized spacial score (nSPS) is 12.3. The van der Waals surface area contributed by atoms with E-state index < -0.39 is 14.8 Å². The molecule has 2 aromatic rings. The van der Waals surface area contributed by atoms with Crippen molar-refractivity contribution in [2.45, 2.75) is 31.9 Å². The van der Waals surface area contributed by atoms with Gasteiger partial charge in [0.2, 0.25) is 10.0 Å². The van der Waals surface area contributed by atoms with E-state index in [2.05, 4.69) is 14.7 Å². The number of aromatic nitrogens is 2. The molecular formula is C16H21N3O2S. The number of nitrogens with one attached hydrogen (secondary N) is 1. The highest BCUT2D eigenvalue weighted by Crippen LogP contribution is 2.30. The van der Waals surface area contributed by atoms with Gasteiger partial charge in [-0.2, -0.15) is 0 Å². The number of nitrogens with zero attached hydrogens (tertiary/aromatic N) is 2. The van der Waals surface area contributed by atoms with Crippen LogP contribution in [0.3, 0.4) is 0 Å². The van der Waals surface area contributed by atoms with Crippen LogP contribution in [0.4, 0.5) is 0 Å². The standard InChI is InChI=1S/C16H21N3O2S/c1-4-9-19-22(20,21)16(2,3)15-7-5-13(6-8-15)14-10-17-12-18-11-14/h5-8,10-12,19H,4,9H2,1-3H3. The molecule has 1 aromatic heterocycles. The zero-order valence-corrected chi connectivity index (χ0v) is 13.9. The van der Waals surface area contributed by atoms with Crippen LogP contribution >= 0.6 is 0 Å². The zero-order chi connectivity index (χ0) is 16.2. The molecule has 0 aliphatic carbocycles. The molecule has 0 unspecified atom stereocenters. The Hall–Kier alpha value is -1.79. The summed E-state index contributed by atoms with van der Waals surface area (Å²) in [5.74, 6) is 0. The quantitative estimate of drug-likeness (QED) is 0.888. The van der Waals surface area contributed by atoms with Gasteiger partial charge in [0.1, 0.15) is 11.1 Å². The molecule has 0 aliphatic rings. The van der Waals surface area contributed by atoms with Gasteiger partial charge >= 0.3 is 0 Å². The molecule has 0 amide bonds. The predicted molar refractivity (Wildman–Crippen MR) is 87.7 cm³/mol. The zero-order valence-electron chi connectivity index (χ0n) is 13.1. The van der Waals surface area contributed by atoms with E-state index >= 15 is 0 Å². The number of rotatable bonds is 6. The Morgan fingerprint density at radius 3 is 2.18 bits per heavy atom. The van der Waals surface area contributed by atoms with E-state index in [1.807, 2.05) is 31.2 Å². The monoisotopic (exact) mass is 319 g/mol. The molecule has 0 aliphatic heterocycles. The molecule has 5 nitrogen and oxygen atoms in total. The fourth-order valence-corrected chi connectivity index (χ4v) is 3.36. The van der Waals surface area contributed by atoms with Crippen LogP contribution in [0.5, 0.6) is 0 Å². The van der Waals surface area contributed by atoms with Crippen molar-refractivity contribution in [3.05, 3.63) is 48.5 Å². The van der Waals surface area contributed by atoms with Gasteiger partial charge in [0.25, 0.3) is 0 Å². The summed E-state index contributed by atoms with van der Waals surface area (Å²) in [6.45, 7) is 5.81. The molecule has 118 valence electrons. The lowest BCUT2D eigenvalue weighted by Gasteiger charge is -2.25. The molecule has 0 saturated heterocycles. The molecule has 0 fully saturated rings. The molecule has 1 N–H and O–H groups in total. The number of hydrogen-bond acceptors (Lipinski definition) is 4. The summed E-state index contributed by atoms with van der Waals surface area (Å²) in [4.78, 5) is 7.98. The first-order valence-corrected chi connectivity index (χ1v) is 8.72. The van der Waals surface area contributed by atoms with Gasteiger partial charge < -0.3 is 0 Å². The fourth-order valence-electron chi connectivity index (χ4n) is 2.08. The molecule has 22 heavy (non-hydrogen) atoms. The largest absolute Gasteiger partial charge is 0.244 e. The van der Waals surface area contributed by atoms with Crippen LogP contribution in [0.25, 0.3) is 11.1 Å². The van der Waals surface area contributed by atoms with Gasteiger partial charge in [0.05, 0.1) is 0 Å². The van der Waals surface area contributed by atoms with E-state index in [9.17, 15) is 8.42 Å². The lowest BCUT2D eigenvalue weighted by Crippen LogP contribution is -2.39. The van der Waals surface area contributed by atoms with Crippen molar-refractivity contribution in [3.8, 4) is 11.1 Å². The van der Waals surface area contributed by atoms with Crippen molar-refractivity contribution < 1.29 is 8.42 Å². The average molecular weight is 319 g/mol. The molecule has 0 saturated carbocycles. The summed E-state index contributed by atoms with van der Waals surface area (Å²) in [6.07, 6.45) is 5.70. The van der Waals surface area contributed by atoms with E-state index in [1.165, 1.54) is 6.33 Å². The van der Waals surface area contributed by atoms with Crippen LogP contribution in [-0.2, 0) is 14.8 Å². The maximum Gasteiger partial charge on any atom is 0.221 e. The highest BCUT2D eigenvalue weighted by Gasteiger charge is 2.35. The van der Waals surface area contributed by atoms with Crippen molar-refractivity contribution in [2.24, 2.45) is 0 Å². The first-order valence-electron chi connectivity index (χ1n) is 7.23. The second-order valence-electron chi connectivity index (χ2n) is 5.61. The van der Waals surface area contributed by atoms with Crippen LogP contribution in [0.2, 0.25) is 0 Å². The summed E-state index contributed by atoms with van der Waals surface area (Å²) in [6, 6.07) is 7.47. The Kier molecular flexibility index (Phi) is 4.93. The van der Waals surface area contributed by atoms with Crippen molar-refractivity contribution in [2.75, 3.05) is 6.54 Å². The molecule has 1 heterocycles. The second kappa shape index (κ2) is 6.54. The van der Waals surface area contributed by atoms with Gasteiger partial charge in [-0.25, -0.2) is 23.1 Å². The van der Waals surface area contributed by atoms with Crippen LogP contribution in [0.1, 0.15) is 32.8 Å². The maximum absolute atomic E-state index is 12.4. The molecule has 1 aromatic carbocycles. The van der Waals surface area contributed by atoms with Gasteiger partial charge in [0.15, 0.2) is 0 Å². The second-order valence-corrected chi connectivity index (χ2v) is 7.93. The van der Waals surface area contributed by atoms with Gasteiger partial charge in [-0.1, -0.05) is 31.2 Å². The number of benzene rings is 1. The first-order chi connectivity index (χ1) is 10.4. The van der Waals surface area contributed by atoms with Crippen LogP contribution in [0.15, 0.2) is 43.0 Å². The Morgan fingerprint density at radius 2 is 1.64 bits per heavy atom. The highest BCUT2D eigenvalue weighted by atomic mass is 32.2. The van der Waals surface area contributed by atoms with Gasteiger partial charge in [-0.3, -0.25) is 0 Å². The van der Waals surface area contributed by atoms with E-state index in [-0.39, 0.29) is 0 Å². The predicted octanol–water partition coefficient (Wildman–Crippen LogP) is 2.71. The molecule has 0 spiro atoms. The van der Waals surface area contributed by atoms with Gasteiger partial charge in [-0.05, 0) is 31.4 Å². The molecular weight excluding hydrogens is 298 g/mol. The summed E-state index contributed by atoms with van der Waals surface area (Å²) < 4.78 is 26.5. The smallest absolute Gasteiger partial charge is 0.221 e. The molecule has 0 bridgehead atoms. The number of sulfonamides is 1. The van der Waals surface area contributed by atoms with E-state index in [0.717, 1.165) is 23.1 Å². The molecule has 2 rings (SSSR count). The summed E-state index contributed by atoms with van der Waals surface area (Å²) in [5, 5.41) is 0. The summed E-state index contributed by atoms with van der Waals surface area (Å²) >= 11 is 0. The SMILES string of the molecule is CCCNS(=O)(=O)C(C)(C)c1ccc(-c2cncnc2)cc1. The highest BCUT2D eigenvalue weighted by molar-refractivity contribution is 7.90. The van der Waals surface area contributed by atoms with Crippen molar-refractivity contribution in [1.29, 1.82) is 0 Å². The Balaban J connectivity index is 2.30. The van der Waals surface area contributed by atoms with Crippen LogP contribution in [0, 0.1) is 0 Å². The maximum atomic E-state index is 12.4. The van der Waals surface area contributed by atoms with E-state index in [4.69, 9.17) is 0 Å². The van der Waals surface area contributed by atoms with E-state index in [0.29, 0.717) is 6.54 Å². The van der Waals surface area contributed by atoms with Crippen molar-refractivity contribution in [3.63, 3.8) is 0 Å². The summed E-state index contributed by atoms with van der Waals surface area (Å²) in [7, 11) is -3.43. The minimum absolute atomic E-state index is 0.450. The molecule has 6 heteroatoms.